The minimum atomic E-state index is -0.558. The first-order chi connectivity index (χ1) is 7.63. The molecule has 0 bridgehead atoms. The van der Waals surface area contributed by atoms with Crippen molar-refractivity contribution in [3.05, 3.63) is 34.4 Å². The summed E-state index contributed by atoms with van der Waals surface area (Å²) in [4.78, 5) is 0. The molecule has 0 amide bonds. The standard InChI is InChI=1S/C12H14ClF2N/c1-16-12(7-3-2-4-7)8-5-11(15)9(13)6-10(8)14/h5-7,12,16H,2-4H2,1H3. The molecule has 1 aromatic carbocycles. The Balaban J connectivity index is 2.33. The lowest BCUT2D eigenvalue weighted by molar-refractivity contribution is 0.235. The fourth-order valence-electron chi connectivity index (χ4n) is 2.19. The number of rotatable bonds is 3. The van der Waals surface area contributed by atoms with E-state index in [9.17, 15) is 8.78 Å². The first-order valence-electron chi connectivity index (χ1n) is 5.45. The van der Waals surface area contributed by atoms with E-state index in [0.717, 1.165) is 18.9 Å². The Kier molecular flexibility index (Phi) is 3.45. The zero-order valence-corrected chi connectivity index (χ0v) is 9.82. The van der Waals surface area contributed by atoms with Gasteiger partial charge in [-0.25, -0.2) is 8.78 Å². The maximum Gasteiger partial charge on any atom is 0.142 e. The van der Waals surface area contributed by atoms with Gasteiger partial charge >= 0.3 is 0 Å². The second kappa shape index (κ2) is 4.68. The summed E-state index contributed by atoms with van der Waals surface area (Å²) in [5, 5.41) is 2.90. The molecule has 1 saturated carbocycles. The van der Waals surface area contributed by atoms with Crippen LogP contribution in [0.2, 0.25) is 5.02 Å². The third-order valence-corrected chi connectivity index (χ3v) is 3.60. The van der Waals surface area contributed by atoms with Gasteiger partial charge in [0.2, 0.25) is 0 Å². The van der Waals surface area contributed by atoms with Crippen molar-refractivity contribution in [2.24, 2.45) is 5.92 Å². The molecule has 2 rings (SSSR count). The molecule has 0 aliphatic heterocycles. The minimum absolute atomic E-state index is 0.111. The predicted octanol–water partition coefficient (Wildman–Crippen LogP) is 3.68. The Hall–Kier alpha value is -0.670. The number of halogens is 3. The zero-order chi connectivity index (χ0) is 11.7. The molecule has 1 aliphatic carbocycles. The van der Waals surface area contributed by atoms with E-state index < -0.39 is 11.6 Å². The van der Waals surface area contributed by atoms with Crippen LogP contribution in [0.15, 0.2) is 12.1 Å². The summed E-state index contributed by atoms with van der Waals surface area (Å²) in [6.45, 7) is 0. The van der Waals surface area contributed by atoms with Gasteiger partial charge in [0.15, 0.2) is 0 Å². The van der Waals surface area contributed by atoms with Crippen molar-refractivity contribution in [3.63, 3.8) is 0 Å². The van der Waals surface area contributed by atoms with Gasteiger partial charge in [-0.2, -0.15) is 0 Å². The summed E-state index contributed by atoms with van der Waals surface area (Å²) >= 11 is 5.53. The molecule has 1 N–H and O–H groups in total. The second-order valence-electron chi connectivity index (χ2n) is 4.25. The highest BCUT2D eigenvalue weighted by atomic mass is 35.5. The van der Waals surface area contributed by atoms with Crippen molar-refractivity contribution in [1.29, 1.82) is 0 Å². The van der Waals surface area contributed by atoms with Gasteiger partial charge < -0.3 is 5.32 Å². The monoisotopic (exact) mass is 245 g/mol. The molecule has 0 spiro atoms. The summed E-state index contributed by atoms with van der Waals surface area (Å²) < 4.78 is 27.0. The van der Waals surface area contributed by atoms with E-state index in [0.29, 0.717) is 11.5 Å². The van der Waals surface area contributed by atoms with E-state index in [1.165, 1.54) is 12.5 Å². The van der Waals surface area contributed by atoms with E-state index >= 15 is 0 Å². The molecule has 4 heteroatoms. The van der Waals surface area contributed by atoms with Crippen LogP contribution >= 0.6 is 11.6 Å². The second-order valence-corrected chi connectivity index (χ2v) is 4.65. The molecule has 1 unspecified atom stereocenters. The fourth-order valence-corrected chi connectivity index (χ4v) is 2.34. The molecular weight excluding hydrogens is 232 g/mol. The van der Waals surface area contributed by atoms with E-state index in [-0.39, 0.29) is 11.1 Å². The van der Waals surface area contributed by atoms with Crippen LogP contribution in [-0.2, 0) is 0 Å². The van der Waals surface area contributed by atoms with E-state index in [4.69, 9.17) is 11.6 Å². The van der Waals surface area contributed by atoms with Crippen LogP contribution in [0.3, 0.4) is 0 Å². The summed E-state index contributed by atoms with van der Waals surface area (Å²) in [5.74, 6) is -0.588. The Morgan fingerprint density at radius 2 is 2.00 bits per heavy atom. The average Bonchev–Trinajstić information content (AvgIpc) is 2.17. The van der Waals surface area contributed by atoms with Crippen LogP contribution in [0.25, 0.3) is 0 Å². The van der Waals surface area contributed by atoms with E-state index in [1.807, 2.05) is 0 Å². The van der Waals surface area contributed by atoms with E-state index in [1.54, 1.807) is 7.05 Å². The molecule has 88 valence electrons. The predicted molar refractivity (Wildman–Crippen MR) is 60.5 cm³/mol. The smallest absolute Gasteiger partial charge is 0.142 e. The van der Waals surface area contributed by atoms with Crippen LogP contribution in [0.4, 0.5) is 8.78 Å². The van der Waals surface area contributed by atoms with Crippen LogP contribution < -0.4 is 5.32 Å². The highest BCUT2D eigenvalue weighted by Gasteiger charge is 2.29. The molecule has 1 nitrogen and oxygen atoms in total. The molecule has 0 aromatic heterocycles. The normalized spacial score (nSPS) is 18.2. The largest absolute Gasteiger partial charge is 0.313 e. The lowest BCUT2D eigenvalue weighted by Crippen LogP contribution is -2.30. The third-order valence-electron chi connectivity index (χ3n) is 3.31. The van der Waals surface area contributed by atoms with Crippen molar-refractivity contribution < 1.29 is 8.78 Å². The number of hydrogen-bond donors (Lipinski definition) is 1. The Morgan fingerprint density at radius 1 is 1.31 bits per heavy atom. The van der Waals surface area contributed by atoms with Crippen molar-refractivity contribution in [2.45, 2.75) is 25.3 Å². The first-order valence-corrected chi connectivity index (χ1v) is 5.83. The van der Waals surface area contributed by atoms with Gasteiger partial charge in [0, 0.05) is 11.6 Å². The van der Waals surface area contributed by atoms with Gasteiger partial charge in [-0.3, -0.25) is 0 Å². The van der Waals surface area contributed by atoms with Crippen molar-refractivity contribution >= 4 is 11.6 Å². The minimum Gasteiger partial charge on any atom is -0.313 e. The average molecular weight is 246 g/mol. The molecule has 0 radical (unpaired) electrons. The Labute approximate surface area is 98.8 Å². The molecule has 1 atom stereocenters. The highest BCUT2D eigenvalue weighted by molar-refractivity contribution is 6.30. The Morgan fingerprint density at radius 3 is 2.50 bits per heavy atom. The van der Waals surface area contributed by atoms with Crippen molar-refractivity contribution in [3.8, 4) is 0 Å². The topological polar surface area (TPSA) is 12.0 Å². The maximum atomic E-state index is 13.7. The lowest BCUT2D eigenvalue weighted by Gasteiger charge is -2.34. The molecule has 0 saturated heterocycles. The van der Waals surface area contributed by atoms with Gasteiger partial charge in [0.25, 0.3) is 0 Å². The summed E-state index contributed by atoms with van der Waals surface area (Å²) in [7, 11) is 1.77. The van der Waals surface area contributed by atoms with Crippen LogP contribution in [0.1, 0.15) is 30.9 Å². The van der Waals surface area contributed by atoms with Gasteiger partial charge in [-0.15, -0.1) is 0 Å². The summed E-state index contributed by atoms with van der Waals surface area (Å²) in [5.41, 5.74) is 0.383. The molecular formula is C12H14ClF2N. The number of hydrogen-bond acceptors (Lipinski definition) is 1. The van der Waals surface area contributed by atoms with Crippen LogP contribution in [0, 0.1) is 17.6 Å². The van der Waals surface area contributed by atoms with Crippen LogP contribution in [0.5, 0.6) is 0 Å². The summed E-state index contributed by atoms with van der Waals surface area (Å²) in [6.07, 6.45) is 3.30. The van der Waals surface area contributed by atoms with Crippen molar-refractivity contribution in [1.82, 2.24) is 5.32 Å². The lowest BCUT2D eigenvalue weighted by atomic mass is 9.77. The highest BCUT2D eigenvalue weighted by Crippen LogP contribution is 2.39. The number of nitrogens with one attached hydrogen (secondary N) is 1. The molecule has 1 aromatic rings. The zero-order valence-electron chi connectivity index (χ0n) is 9.06. The van der Waals surface area contributed by atoms with Gasteiger partial charge in [-0.1, -0.05) is 18.0 Å². The van der Waals surface area contributed by atoms with Crippen LogP contribution in [-0.4, -0.2) is 7.05 Å². The fraction of sp³-hybridized carbons (Fsp3) is 0.500. The number of benzene rings is 1. The maximum absolute atomic E-state index is 13.7. The van der Waals surface area contributed by atoms with E-state index in [2.05, 4.69) is 5.32 Å². The SMILES string of the molecule is CNC(c1cc(F)c(Cl)cc1F)C1CCC1. The van der Waals surface area contributed by atoms with Gasteiger partial charge in [-0.05, 0) is 37.9 Å². The Bertz CT molecular complexity index is 391. The van der Waals surface area contributed by atoms with Gasteiger partial charge in [0.05, 0.1) is 5.02 Å². The van der Waals surface area contributed by atoms with Crippen molar-refractivity contribution in [2.75, 3.05) is 7.05 Å². The molecule has 1 aliphatic rings. The molecule has 0 heterocycles. The molecule has 1 fully saturated rings. The quantitative estimate of drug-likeness (QED) is 0.801. The molecule has 16 heavy (non-hydrogen) atoms. The third kappa shape index (κ3) is 2.06. The summed E-state index contributed by atoms with van der Waals surface area (Å²) in [6, 6.07) is 2.15. The first kappa shape index (κ1) is 11.8. The van der Waals surface area contributed by atoms with Gasteiger partial charge in [0.1, 0.15) is 11.6 Å².